The first-order valence-electron chi connectivity index (χ1n) is 11.8. The molecule has 0 radical (unpaired) electrons. The molecule has 0 aliphatic carbocycles. The van der Waals surface area contributed by atoms with Gasteiger partial charge in [0.2, 0.25) is 5.91 Å². The van der Waals surface area contributed by atoms with Crippen molar-refractivity contribution in [1.82, 2.24) is 9.55 Å². The maximum atomic E-state index is 12.9. The van der Waals surface area contributed by atoms with E-state index in [-0.39, 0.29) is 23.6 Å². The Morgan fingerprint density at radius 1 is 1.29 bits per heavy atom. The van der Waals surface area contributed by atoms with Gasteiger partial charge < -0.3 is 29.4 Å². The zero-order valence-corrected chi connectivity index (χ0v) is 20.6. The molecule has 1 saturated heterocycles. The lowest BCUT2D eigenvalue weighted by Gasteiger charge is -2.17. The molecule has 186 valence electrons. The quantitative estimate of drug-likeness (QED) is 0.448. The molecule has 2 aromatic heterocycles. The summed E-state index contributed by atoms with van der Waals surface area (Å²) in [6, 6.07) is 9.92. The Balaban J connectivity index is 1.67. The number of rotatable bonds is 9. The second-order valence-corrected chi connectivity index (χ2v) is 8.67. The predicted molar refractivity (Wildman–Crippen MR) is 134 cm³/mol. The lowest BCUT2D eigenvalue weighted by atomic mass is 10.1. The van der Waals surface area contributed by atoms with Gasteiger partial charge in [0.25, 0.3) is 0 Å². The molecule has 35 heavy (non-hydrogen) atoms. The van der Waals surface area contributed by atoms with E-state index in [1.807, 2.05) is 37.3 Å². The number of benzene rings is 1. The van der Waals surface area contributed by atoms with E-state index in [0.717, 1.165) is 23.4 Å². The van der Waals surface area contributed by atoms with E-state index in [1.165, 1.54) is 7.11 Å². The molecule has 0 spiro atoms. The van der Waals surface area contributed by atoms with E-state index < -0.39 is 5.97 Å². The summed E-state index contributed by atoms with van der Waals surface area (Å²) in [5, 5.41) is 7.13. The molecule has 1 amide bonds. The van der Waals surface area contributed by atoms with Crippen LogP contribution in [0.5, 0.6) is 5.75 Å². The van der Waals surface area contributed by atoms with Crippen molar-refractivity contribution in [3.8, 4) is 5.75 Å². The molecule has 0 saturated carbocycles. The molecule has 2 atom stereocenters. The number of aryl methyl sites for hydroxylation is 1. The summed E-state index contributed by atoms with van der Waals surface area (Å²) < 4.78 is 17.7. The first kappa shape index (κ1) is 24.5. The van der Waals surface area contributed by atoms with E-state index in [1.54, 1.807) is 17.9 Å². The summed E-state index contributed by atoms with van der Waals surface area (Å²) in [7, 11) is 3.00. The van der Waals surface area contributed by atoms with Crippen molar-refractivity contribution in [2.75, 3.05) is 38.1 Å². The van der Waals surface area contributed by atoms with E-state index in [4.69, 9.17) is 14.2 Å². The van der Waals surface area contributed by atoms with Gasteiger partial charge in [-0.1, -0.05) is 18.2 Å². The summed E-state index contributed by atoms with van der Waals surface area (Å²) in [4.78, 5) is 30.3. The van der Waals surface area contributed by atoms with Gasteiger partial charge >= 0.3 is 5.97 Å². The van der Waals surface area contributed by atoms with Crippen molar-refractivity contribution in [2.24, 2.45) is 5.92 Å². The second-order valence-electron chi connectivity index (χ2n) is 8.67. The molecule has 0 unspecified atom stereocenters. The molecule has 3 aromatic rings. The lowest BCUT2D eigenvalue weighted by Crippen LogP contribution is -2.24. The largest absolute Gasteiger partial charge is 0.496 e. The number of para-hydroxylation sites is 1. The summed E-state index contributed by atoms with van der Waals surface area (Å²) in [6.45, 7) is 5.42. The molecular formula is C26H32N4O5. The summed E-state index contributed by atoms with van der Waals surface area (Å²) in [6.07, 6.45) is 3.14. The normalized spacial score (nSPS) is 16.2. The van der Waals surface area contributed by atoms with Crippen LogP contribution < -0.4 is 15.4 Å². The number of hydrogen-bond donors (Lipinski definition) is 2. The maximum absolute atomic E-state index is 12.9. The number of hydrogen-bond acceptors (Lipinski definition) is 7. The molecular weight excluding hydrogens is 448 g/mol. The number of methoxy groups -OCH3 is 2. The zero-order chi connectivity index (χ0) is 24.9. The first-order valence-corrected chi connectivity index (χ1v) is 11.8. The topological polar surface area (TPSA) is 104 Å². The van der Waals surface area contributed by atoms with E-state index >= 15 is 0 Å². The average molecular weight is 481 g/mol. The molecule has 1 fully saturated rings. The van der Waals surface area contributed by atoms with Gasteiger partial charge in [-0.25, -0.2) is 9.78 Å². The van der Waals surface area contributed by atoms with Crippen LogP contribution in [0.2, 0.25) is 0 Å². The van der Waals surface area contributed by atoms with E-state index in [2.05, 4.69) is 22.5 Å². The number of amides is 1. The lowest BCUT2D eigenvalue weighted by molar-refractivity contribution is -0.119. The first-order chi connectivity index (χ1) is 17.0. The van der Waals surface area contributed by atoms with Gasteiger partial charge in [0.05, 0.1) is 44.3 Å². The van der Waals surface area contributed by atoms with Crippen molar-refractivity contribution in [1.29, 1.82) is 0 Å². The number of nitrogens with zero attached hydrogens (tertiary/aromatic N) is 2. The van der Waals surface area contributed by atoms with Crippen LogP contribution in [-0.2, 0) is 27.2 Å². The fraction of sp³-hybridized carbons (Fsp3) is 0.423. The number of nitrogens with one attached hydrogen (secondary N) is 2. The van der Waals surface area contributed by atoms with Crippen molar-refractivity contribution < 1.29 is 23.8 Å². The van der Waals surface area contributed by atoms with Crippen LogP contribution in [0, 0.1) is 5.92 Å². The molecule has 0 bridgehead atoms. The number of carbonyl (C=O) groups is 2. The van der Waals surface area contributed by atoms with Crippen LogP contribution in [0.3, 0.4) is 0 Å². The highest BCUT2D eigenvalue weighted by atomic mass is 16.5. The predicted octanol–water partition coefficient (Wildman–Crippen LogP) is 3.87. The number of aromatic nitrogens is 2. The Morgan fingerprint density at radius 3 is 2.77 bits per heavy atom. The summed E-state index contributed by atoms with van der Waals surface area (Å²) >= 11 is 0. The maximum Gasteiger partial charge on any atom is 0.356 e. The number of ether oxygens (including phenoxy) is 3. The molecule has 2 N–H and O–H groups in total. The fourth-order valence-electron chi connectivity index (χ4n) is 4.55. The second kappa shape index (κ2) is 10.8. The van der Waals surface area contributed by atoms with Crippen LogP contribution in [0.1, 0.15) is 36.3 Å². The molecule has 9 heteroatoms. The summed E-state index contributed by atoms with van der Waals surface area (Å²) in [5.41, 5.74) is 3.18. The average Bonchev–Trinajstić information content (AvgIpc) is 3.50. The smallest absolute Gasteiger partial charge is 0.356 e. The third kappa shape index (κ3) is 5.09. The summed E-state index contributed by atoms with van der Waals surface area (Å²) in [5.74, 6) is -0.110. The van der Waals surface area contributed by atoms with E-state index in [0.29, 0.717) is 42.9 Å². The third-order valence-corrected chi connectivity index (χ3v) is 6.27. The Hall–Kier alpha value is -3.59. The Labute approximate surface area is 204 Å². The van der Waals surface area contributed by atoms with Gasteiger partial charge in [0.15, 0.2) is 5.69 Å². The molecule has 1 aromatic carbocycles. The Morgan fingerprint density at radius 2 is 2.09 bits per heavy atom. The highest BCUT2D eigenvalue weighted by Crippen LogP contribution is 2.33. The molecule has 1 aliphatic heterocycles. The van der Waals surface area contributed by atoms with Crippen molar-refractivity contribution in [3.05, 3.63) is 47.8 Å². The van der Waals surface area contributed by atoms with Crippen LogP contribution >= 0.6 is 0 Å². The minimum absolute atomic E-state index is 0.0765. The van der Waals surface area contributed by atoms with Gasteiger partial charge in [-0.3, -0.25) is 4.79 Å². The number of pyridine rings is 1. The van der Waals surface area contributed by atoms with Gasteiger partial charge in [0.1, 0.15) is 11.4 Å². The minimum atomic E-state index is -0.526. The molecule has 4 rings (SSSR count). The van der Waals surface area contributed by atoms with Gasteiger partial charge in [-0.05, 0) is 44.4 Å². The molecule has 3 heterocycles. The van der Waals surface area contributed by atoms with Crippen LogP contribution in [0.25, 0.3) is 11.0 Å². The number of fused-ring (bicyclic) bond motifs is 1. The van der Waals surface area contributed by atoms with Gasteiger partial charge in [0, 0.05) is 24.6 Å². The van der Waals surface area contributed by atoms with Crippen molar-refractivity contribution in [2.45, 2.75) is 39.3 Å². The van der Waals surface area contributed by atoms with Crippen molar-refractivity contribution in [3.63, 3.8) is 0 Å². The van der Waals surface area contributed by atoms with E-state index in [9.17, 15) is 9.59 Å². The number of carbonyl (C=O) groups excluding carboxylic acids is 2. The standard InChI is InChI=1S/C26H32N4O5/c1-5-30-23(26(32)34-4)22(29-25(31)18-10-11-35-15-18)20-13-19(14-27-24(20)30)28-16(2)12-17-8-6-7-9-21(17)33-3/h6-9,13-14,16,18,28H,5,10-12,15H2,1-4H3,(H,29,31)/t16-,18+/m0/s1. The monoisotopic (exact) mass is 480 g/mol. The number of anilines is 2. The zero-order valence-electron chi connectivity index (χ0n) is 20.6. The SMILES string of the molecule is CCn1c(C(=O)OC)c(NC(=O)[C@@H]2CCOC2)c2cc(N[C@@H](C)Cc3ccccc3OC)cnc21. The highest BCUT2D eigenvalue weighted by Gasteiger charge is 2.29. The molecule has 1 aliphatic rings. The number of esters is 1. The van der Waals surface area contributed by atoms with Crippen LogP contribution in [0.4, 0.5) is 11.4 Å². The van der Waals surface area contributed by atoms with Crippen molar-refractivity contribution >= 4 is 34.3 Å². The van der Waals surface area contributed by atoms with Gasteiger partial charge in [-0.2, -0.15) is 0 Å². The van der Waals surface area contributed by atoms with Crippen LogP contribution in [0.15, 0.2) is 36.5 Å². The van der Waals surface area contributed by atoms with Crippen LogP contribution in [-0.4, -0.2) is 54.9 Å². The fourth-order valence-corrected chi connectivity index (χ4v) is 4.55. The minimum Gasteiger partial charge on any atom is -0.496 e. The Kier molecular flexibility index (Phi) is 7.55. The third-order valence-electron chi connectivity index (χ3n) is 6.27. The molecule has 9 nitrogen and oxygen atoms in total. The van der Waals surface area contributed by atoms with Gasteiger partial charge in [-0.15, -0.1) is 0 Å². The Bertz CT molecular complexity index is 1220. The highest BCUT2D eigenvalue weighted by molar-refractivity contribution is 6.11.